The molecule has 1 atom stereocenters. The normalized spacial score (nSPS) is 12.2. The highest BCUT2D eigenvalue weighted by atomic mass is 79.9. The summed E-state index contributed by atoms with van der Waals surface area (Å²) >= 11 is 3.53. The molecule has 2 nitrogen and oxygen atoms in total. The summed E-state index contributed by atoms with van der Waals surface area (Å²) in [6.07, 6.45) is 0. The van der Waals surface area contributed by atoms with Crippen LogP contribution in [0.2, 0.25) is 0 Å². The molecule has 2 aromatic rings. The van der Waals surface area contributed by atoms with Crippen molar-refractivity contribution in [2.24, 2.45) is 0 Å². The van der Waals surface area contributed by atoms with Crippen molar-refractivity contribution in [2.45, 2.75) is 26.8 Å². The summed E-state index contributed by atoms with van der Waals surface area (Å²) in [5, 5.41) is 13.1. The van der Waals surface area contributed by atoms with E-state index < -0.39 is 5.82 Å². The Hall–Kier alpha value is -1.55. The molecular formula is C16H17BrFNO. The van der Waals surface area contributed by atoms with Gasteiger partial charge in [-0.1, -0.05) is 22.0 Å². The van der Waals surface area contributed by atoms with E-state index in [9.17, 15) is 9.50 Å². The van der Waals surface area contributed by atoms with Gasteiger partial charge in [-0.3, -0.25) is 0 Å². The number of phenols is 1. The molecule has 0 fully saturated rings. The molecule has 0 spiro atoms. The molecule has 0 saturated heterocycles. The van der Waals surface area contributed by atoms with Crippen LogP contribution in [0.1, 0.15) is 29.7 Å². The fourth-order valence-corrected chi connectivity index (χ4v) is 2.47. The minimum Gasteiger partial charge on any atom is -0.507 e. The topological polar surface area (TPSA) is 32.3 Å². The van der Waals surface area contributed by atoms with Gasteiger partial charge in [0, 0.05) is 21.8 Å². The SMILES string of the molecule is Cc1cc(NC(C)c2ccc(F)cc2O)cc(C)c1Br. The van der Waals surface area contributed by atoms with Crippen molar-refractivity contribution in [3.05, 3.63) is 57.3 Å². The lowest BCUT2D eigenvalue weighted by atomic mass is 10.1. The Morgan fingerprint density at radius 3 is 2.30 bits per heavy atom. The summed E-state index contributed by atoms with van der Waals surface area (Å²) in [7, 11) is 0. The number of aromatic hydroxyl groups is 1. The third-order valence-electron chi connectivity index (χ3n) is 3.28. The highest BCUT2D eigenvalue weighted by Crippen LogP contribution is 2.30. The highest BCUT2D eigenvalue weighted by molar-refractivity contribution is 9.10. The molecule has 0 bridgehead atoms. The van der Waals surface area contributed by atoms with Crippen LogP contribution in [-0.4, -0.2) is 5.11 Å². The van der Waals surface area contributed by atoms with Crippen molar-refractivity contribution < 1.29 is 9.50 Å². The number of benzene rings is 2. The van der Waals surface area contributed by atoms with Gasteiger partial charge in [0.05, 0.1) is 6.04 Å². The van der Waals surface area contributed by atoms with Gasteiger partial charge in [-0.2, -0.15) is 0 Å². The predicted molar refractivity (Wildman–Crippen MR) is 83.7 cm³/mol. The number of rotatable bonds is 3. The van der Waals surface area contributed by atoms with Crippen LogP contribution in [0.3, 0.4) is 0 Å². The summed E-state index contributed by atoms with van der Waals surface area (Å²) in [6.45, 7) is 5.99. The molecule has 0 aliphatic carbocycles. The maximum absolute atomic E-state index is 13.0. The summed E-state index contributed by atoms with van der Waals surface area (Å²) in [4.78, 5) is 0. The first-order valence-electron chi connectivity index (χ1n) is 6.40. The molecule has 0 radical (unpaired) electrons. The van der Waals surface area contributed by atoms with E-state index in [0.717, 1.165) is 27.4 Å². The second-order valence-corrected chi connectivity index (χ2v) is 5.79. The molecule has 0 amide bonds. The average molecular weight is 338 g/mol. The van der Waals surface area contributed by atoms with E-state index in [1.165, 1.54) is 6.07 Å². The molecule has 2 rings (SSSR count). The summed E-state index contributed by atoms with van der Waals surface area (Å²) in [6, 6.07) is 8.04. The van der Waals surface area contributed by atoms with Crippen molar-refractivity contribution in [3.8, 4) is 5.75 Å². The Labute approximate surface area is 126 Å². The van der Waals surface area contributed by atoms with E-state index in [1.807, 2.05) is 32.9 Å². The number of halogens is 2. The van der Waals surface area contributed by atoms with Crippen LogP contribution in [0, 0.1) is 19.7 Å². The second kappa shape index (κ2) is 5.83. The highest BCUT2D eigenvalue weighted by Gasteiger charge is 2.12. The summed E-state index contributed by atoms with van der Waals surface area (Å²) < 4.78 is 14.1. The maximum atomic E-state index is 13.0. The first kappa shape index (κ1) is 14.9. The van der Waals surface area contributed by atoms with Crippen molar-refractivity contribution >= 4 is 21.6 Å². The minimum absolute atomic E-state index is 0.0319. The first-order chi connectivity index (χ1) is 9.38. The summed E-state index contributed by atoms with van der Waals surface area (Å²) in [5.41, 5.74) is 3.93. The van der Waals surface area contributed by atoms with E-state index in [-0.39, 0.29) is 11.8 Å². The largest absolute Gasteiger partial charge is 0.507 e. The maximum Gasteiger partial charge on any atom is 0.126 e. The van der Waals surface area contributed by atoms with Gasteiger partial charge >= 0.3 is 0 Å². The van der Waals surface area contributed by atoms with Crippen LogP contribution in [0.25, 0.3) is 0 Å². The summed E-state index contributed by atoms with van der Waals surface area (Å²) in [5.74, 6) is -0.468. The number of nitrogens with one attached hydrogen (secondary N) is 1. The molecule has 0 heterocycles. The smallest absolute Gasteiger partial charge is 0.126 e. The molecule has 2 aromatic carbocycles. The van der Waals surface area contributed by atoms with Gasteiger partial charge in [0.1, 0.15) is 11.6 Å². The van der Waals surface area contributed by atoms with Crippen LogP contribution in [0.5, 0.6) is 5.75 Å². The predicted octanol–water partition coefficient (Wildman–Crippen LogP) is 5.08. The zero-order valence-electron chi connectivity index (χ0n) is 11.7. The van der Waals surface area contributed by atoms with Crippen LogP contribution < -0.4 is 5.32 Å². The number of hydrogen-bond donors (Lipinski definition) is 2. The quantitative estimate of drug-likeness (QED) is 0.818. The Morgan fingerprint density at radius 2 is 1.75 bits per heavy atom. The fourth-order valence-electron chi connectivity index (χ4n) is 2.24. The van der Waals surface area contributed by atoms with Crippen molar-refractivity contribution in [1.29, 1.82) is 0 Å². The number of aryl methyl sites for hydroxylation is 2. The van der Waals surface area contributed by atoms with Gasteiger partial charge in [-0.05, 0) is 50.1 Å². The Morgan fingerprint density at radius 1 is 1.15 bits per heavy atom. The van der Waals surface area contributed by atoms with E-state index in [1.54, 1.807) is 6.07 Å². The van der Waals surface area contributed by atoms with Gasteiger partial charge < -0.3 is 10.4 Å². The van der Waals surface area contributed by atoms with E-state index in [4.69, 9.17) is 0 Å². The zero-order valence-corrected chi connectivity index (χ0v) is 13.3. The lowest BCUT2D eigenvalue weighted by molar-refractivity contribution is 0.459. The minimum atomic E-state index is -0.436. The lowest BCUT2D eigenvalue weighted by Gasteiger charge is -2.18. The molecule has 0 saturated carbocycles. The van der Waals surface area contributed by atoms with Gasteiger partial charge in [0.2, 0.25) is 0 Å². The van der Waals surface area contributed by atoms with Crippen molar-refractivity contribution in [3.63, 3.8) is 0 Å². The third-order valence-corrected chi connectivity index (χ3v) is 4.53. The molecule has 0 aliphatic rings. The Kier molecular flexibility index (Phi) is 4.33. The fraction of sp³-hybridized carbons (Fsp3) is 0.250. The number of phenolic OH excluding ortho intramolecular Hbond substituents is 1. The molecule has 20 heavy (non-hydrogen) atoms. The average Bonchev–Trinajstić information content (AvgIpc) is 2.35. The van der Waals surface area contributed by atoms with Gasteiger partial charge in [0.15, 0.2) is 0 Å². The molecule has 106 valence electrons. The monoisotopic (exact) mass is 337 g/mol. The Balaban J connectivity index is 2.25. The van der Waals surface area contributed by atoms with E-state index >= 15 is 0 Å². The molecule has 4 heteroatoms. The van der Waals surface area contributed by atoms with E-state index in [0.29, 0.717) is 5.56 Å². The van der Waals surface area contributed by atoms with Crippen LogP contribution >= 0.6 is 15.9 Å². The number of hydrogen-bond acceptors (Lipinski definition) is 2. The molecule has 0 aromatic heterocycles. The van der Waals surface area contributed by atoms with E-state index in [2.05, 4.69) is 21.2 Å². The Bertz CT molecular complexity index is 619. The van der Waals surface area contributed by atoms with Crippen LogP contribution in [0.4, 0.5) is 10.1 Å². The van der Waals surface area contributed by atoms with Gasteiger partial charge in [-0.15, -0.1) is 0 Å². The number of anilines is 1. The van der Waals surface area contributed by atoms with Gasteiger partial charge in [0.25, 0.3) is 0 Å². The zero-order chi connectivity index (χ0) is 14.9. The molecule has 0 aliphatic heterocycles. The molecular weight excluding hydrogens is 321 g/mol. The van der Waals surface area contributed by atoms with Crippen molar-refractivity contribution in [2.75, 3.05) is 5.32 Å². The molecule has 1 unspecified atom stereocenters. The third kappa shape index (κ3) is 3.12. The van der Waals surface area contributed by atoms with Crippen LogP contribution in [0.15, 0.2) is 34.8 Å². The van der Waals surface area contributed by atoms with Gasteiger partial charge in [-0.25, -0.2) is 4.39 Å². The van der Waals surface area contributed by atoms with Crippen molar-refractivity contribution in [1.82, 2.24) is 0 Å². The lowest BCUT2D eigenvalue weighted by Crippen LogP contribution is -2.07. The van der Waals surface area contributed by atoms with Crippen LogP contribution in [-0.2, 0) is 0 Å². The molecule has 2 N–H and O–H groups in total. The standard InChI is InChI=1S/C16H17BrFNO/c1-9-6-13(7-10(2)16(9)17)19-11(3)14-5-4-12(18)8-15(14)20/h4-8,11,19-20H,1-3H3. The first-order valence-corrected chi connectivity index (χ1v) is 7.19. The second-order valence-electron chi connectivity index (χ2n) is 4.99.